The summed E-state index contributed by atoms with van der Waals surface area (Å²) >= 11 is 0. The summed E-state index contributed by atoms with van der Waals surface area (Å²) < 4.78 is 10.7. The van der Waals surface area contributed by atoms with Crippen LogP contribution in [0.25, 0.3) is 0 Å². The summed E-state index contributed by atoms with van der Waals surface area (Å²) in [4.78, 5) is 11.8. The molecule has 102 valence electrons. The van der Waals surface area contributed by atoms with Crippen LogP contribution in [-0.4, -0.2) is 24.8 Å². The van der Waals surface area contributed by atoms with Crippen LogP contribution in [0.1, 0.15) is 60.8 Å². The van der Waals surface area contributed by atoms with Crippen LogP contribution in [0, 0.1) is 5.41 Å². The monoisotopic (exact) mass is 244 g/mol. The lowest BCUT2D eigenvalue weighted by molar-refractivity contribution is -0.158. The summed E-state index contributed by atoms with van der Waals surface area (Å²) in [5.41, 5.74) is -0.387. The average molecular weight is 244 g/mol. The van der Waals surface area contributed by atoms with Crippen molar-refractivity contribution >= 4 is 5.97 Å². The van der Waals surface area contributed by atoms with Crippen LogP contribution >= 0.6 is 0 Å². The molecule has 0 aliphatic heterocycles. The molecule has 0 spiro atoms. The maximum absolute atomic E-state index is 11.8. The van der Waals surface area contributed by atoms with Crippen molar-refractivity contribution in [3.63, 3.8) is 0 Å². The zero-order chi connectivity index (χ0) is 13.5. The van der Waals surface area contributed by atoms with Gasteiger partial charge in [0.2, 0.25) is 0 Å². The van der Waals surface area contributed by atoms with Crippen molar-refractivity contribution in [2.75, 3.05) is 6.61 Å². The largest absolute Gasteiger partial charge is 0.463 e. The third-order valence-corrected chi connectivity index (χ3v) is 2.54. The molecular formula is C14H28O3. The molecule has 3 nitrogen and oxygen atoms in total. The third-order valence-electron chi connectivity index (χ3n) is 2.54. The van der Waals surface area contributed by atoms with Crippen LogP contribution in [0.3, 0.4) is 0 Å². The number of esters is 1. The van der Waals surface area contributed by atoms with Crippen molar-refractivity contribution in [3.05, 3.63) is 0 Å². The van der Waals surface area contributed by atoms with E-state index in [-0.39, 0.29) is 23.6 Å². The van der Waals surface area contributed by atoms with Gasteiger partial charge >= 0.3 is 5.97 Å². The molecule has 0 aliphatic carbocycles. The Bertz CT molecular complexity index is 220. The molecule has 0 saturated heterocycles. The van der Waals surface area contributed by atoms with E-state index in [1.807, 2.05) is 41.5 Å². The van der Waals surface area contributed by atoms with Gasteiger partial charge in [0, 0.05) is 6.61 Å². The van der Waals surface area contributed by atoms with Crippen molar-refractivity contribution in [2.24, 2.45) is 5.41 Å². The van der Waals surface area contributed by atoms with Gasteiger partial charge in [0.05, 0.1) is 17.6 Å². The molecule has 0 radical (unpaired) electrons. The number of unbranched alkanes of at least 4 members (excludes halogenated alkanes) is 1. The lowest BCUT2D eigenvalue weighted by Crippen LogP contribution is -2.28. The van der Waals surface area contributed by atoms with E-state index in [9.17, 15) is 4.79 Å². The molecule has 0 bridgehead atoms. The second-order valence-electron chi connectivity index (χ2n) is 5.71. The molecule has 0 N–H and O–H groups in total. The van der Waals surface area contributed by atoms with Gasteiger partial charge in [-0.25, -0.2) is 0 Å². The van der Waals surface area contributed by atoms with E-state index < -0.39 is 0 Å². The normalized spacial score (nSPS) is 12.2. The zero-order valence-corrected chi connectivity index (χ0v) is 12.2. The Balaban J connectivity index is 3.81. The van der Waals surface area contributed by atoms with Gasteiger partial charge in [-0.15, -0.1) is 0 Å². The van der Waals surface area contributed by atoms with Gasteiger partial charge in [-0.2, -0.15) is 0 Å². The molecule has 0 fully saturated rings. The standard InChI is InChI=1S/C14H28O3/c1-11(2)16-10-8-7-9-14(5,6)13(15)17-12(3)4/h11-12H,7-10H2,1-6H3. The molecule has 0 rings (SSSR count). The fraction of sp³-hybridized carbons (Fsp3) is 0.929. The van der Waals surface area contributed by atoms with Crippen LogP contribution < -0.4 is 0 Å². The predicted molar refractivity (Wildman–Crippen MR) is 69.9 cm³/mol. The summed E-state index contributed by atoms with van der Waals surface area (Å²) in [5.74, 6) is -0.0997. The summed E-state index contributed by atoms with van der Waals surface area (Å²) in [7, 11) is 0. The van der Waals surface area contributed by atoms with E-state index >= 15 is 0 Å². The topological polar surface area (TPSA) is 35.5 Å². The van der Waals surface area contributed by atoms with Gasteiger partial charge in [-0.3, -0.25) is 4.79 Å². The minimum absolute atomic E-state index is 0.0361. The number of hydrogen-bond donors (Lipinski definition) is 0. The van der Waals surface area contributed by atoms with Gasteiger partial charge in [-0.05, 0) is 54.4 Å². The van der Waals surface area contributed by atoms with E-state index in [1.165, 1.54) is 0 Å². The molecule has 0 heterocycles. The highest BCUT2D eigenvalue weighted by Gasteiger charge is 2.29. The molecule has 0 aromatic heterocycles. The quantitative estimate of drug-likeness (QED) is 0.484. The van der Waals surface area contributed by atoms with Crippen molar-refractivity contribution < 1.29 is 14.3 Å². The van der Waals surface area contributed by atoms with Crippen molar-refractivity contribution in [2.45, 2.75) is 73.0 Å². The SMILES string of the molecule is CC(C)OCCCCC(C)(C)C(=O)OC(C)C. The Morgan fingerprint density at radius 3 is 2.12 bits per heavy atom. The Hall–Kier alpha value is -0.570. The highest BCUT2D eigenvalue weighted by molar-refractivity contribution is 5.75. The van der Waals surface area contributed by atoms with Gasteiger partial charge in [0.1, 0.15) is 0 Å². The molecule has 0 aromatic rings. The second-order valence-corrected chi connectivity index (χ2v) is 5.71. The first kappa shape index (κ1) is 16.4. The number of ether oxygens (including phenoxy) is 2. The van der Waals surface area contributed by atoms with Gasteiger partial charge in [0.25, 0.3) is 0 Å². The summed E-state index contributed by atoms with van der Waals surface area (Å²) in [6.45, 7) is 12.5. The van der Waals surface area contributed by atoms with Crippen LogP contribution in [0.4, 0.5) is 0 Å². The Morgan fingerprint density at radius 2 is 1.65 bits per heavy atom. The van der Waals surface area contributed by atoms with Crippen LogP contribution in [0.15, 0.2) is 0 Å². The van der Waals surface area contributed by atoms with E-state index in [1.54, 1.807) is 0 Å². The first-order chi connectivity index (χ1) is 7.75. The molecule has 0 unspecified atom stereocenters. The molecule has 17 heavy (non-hydrogen) atoms. The fourth-order valence-electron chi connectivity index (χ4n) is 1.46. The highest BCUT2D eigenvalue weighted by atomic mass is 16.5. The fourth-order valence-corrected chi connectivity index (χ4v) is 1.46. The molecule has 0 amide bonds. The number of carbonyl (C=O) groups is 1. The second kappa shape index (κ2) is 7.70. The van der Waals surface area contributed by atoms with E-state index in [4.69, 9.17) is 9.47 Å². The lowest BCUT2D eigenvalue weighted by Gasteiger charge is -2.23. The molecule has 3 heteroatoms. The van der Waals surface area contributed by atoms with Gasteiger partial charge in [0.15, 0.2) is 0 Å². The summed E-state index contributed by atoms with van der Waals surface area (Å²) in [5, 5.41) is 0. The van der Waals surface area contributed by atoms with Crippen molar-refractivity contribution in [3.8, 4) is 0 Å². The highest BCUT2D eigenvalue weighted by Crippen LogP contribution is 2.25. The molecular weight excluding hydrogens is 216 g/mol. The third kappa shape index (κ3) is 8.19. The summed E-state index contributed by atoms with van der Waals surface area (Å²) in [6.07, 6.45) is 3.09. The Morgan fingerprint density at radius 1 is 1.06 bits per heavy atom. The molecule has 0 saturated carbocycles. The van der Waals surface area contributed by atoms with Crippen LogP contribution in [0.2, 0.25) is 0 Å². The van der Waals surface area contributed by atoms with Crippen molar-refractivity contribution in [1.29, 1.82) is 0 Å². The van der Waals surface area contributed by atoms with E-state index in [2.05, 4.69) is 0 Å². The Labute approximate surface area is 106 Å². The van der Waals surface area contributed by atoms with Crippen LogP contribution in [-0.2, 0) is 14.3 Å². The maximum atomic E-state index is 11.8. The predicted octanol–water partition coefficient (Wildman–Crippen LogP) is 3.56. The van der Waals surface area contributed by atoms with Gasteiger partial charge < -0.3 is 9.47 Å². The molecule has 0 aromatic carbocycles. The lowest BCUT2D eigenvalue weighted by atomic mass is 9.87. The number of hydrogen-bond acceptors (Lipinski definition) is 3. The first-order valence-corrected chi connectivity index (χ1v) is 6.58. The average Bonchev–Trinajstić information content (AvgIpc) is 2.15. The van der Waals surface area contributed by atoms with Crippen molar-refractivity contribution in [1.82, 2.24) is 0 Å². The molecule has 0 atom stereocenters. The van der Waals surface area contributed by atoms with E-state index in [0.717, 1.165) is 25.9 Å². The van der Waals surface area contributed by atoms with Gasteiger partial charge in [-0.1, -0.05) is 6.42 Å². The number of rotatable bonds is 8. The summed E-state index contributed by atoms with van der Waals surface area (Å²) in [6, 6.07) is 0. The van der Waals surface area contributed by atoms with Crippen LogP contribution in [0.5, 0.6) is 0 Å². The minimum Gasteiger partial charge on any atom is -0.463 e. The number of carbonyl (C=O) groups excluding carboxylic acids is 1. The smallest absolute Gasteiger partial charge is 0.311 e. The zero-order valence-electron chi connectivity index (χ0n) is 12.2. The Kier molecular flexibility index (Phi) is 7.44. The minimum atomic E-state index is -0.387. The maximum Gasteiger partial charge on any atom is 0.311 e. The first-order valence-electron chi connectivity index (χ1n) is 6.58. The molecule has 0 aliphatic rings. The van der Waals surface area contributed by atoms with E-state index in [0.29, 0.717) is 0 Å².